The molecule has 2 aromatic heterocycles. The first-order chi connectivity index (χ1) is 12.1. The van der Waals surface area contributed by atoms with E-state index in [1.165, 1.54) is 10.9 Å². The lowest BCUT2D eigenvalue weighted by Gasteiger charge is -2.31. The number of nitrogens with zero attached hydrogens (tertiary/aromatic N) is 3. The Labute approximate surface area is 146 Å². The fourth-order valence-corrected chi connectivity index (χ4v) is 3.76. The first-order valence-electron chi connectivity index (χ1n) is 8.75. The molecule has 1 amide bonds. The van der Waals surface area contributed by atoms with Gasteiger partial charge in [-0.15, -0.1) is 0 Å². The second-order valence-corrected chi connectivity index (χ2v) is 6.84. The summed E-state index contributed by atoms with van der Waals surface area (Å²) in [5, 5.41) is 5.20. The maximum atomic E-state index is 12.9. The van der Waals surface area contributed by atoms with Gasteiger partial charge in [0, 0.05) is 43.0 Å². The first-order valence-corrected chi connectivity index (χ1v) is 8.75. The van der Waals surface area contributed by atoms with Crippen LogP contribution in [0, 0.1) is 13.8 Å². The van der Waals surface area contributed by atoms with Crippen LogP contribution in [-0.4, -0.2) is 39.0 Å². The van der Waals surface area contributed by atoms with Crippen molar-refractivity contribution in [1.29, 1.82) is 0 Å². The number of hydrogen-bond acceptors (Lipinski definition) is 4. The molecule has 3 heterocycles. The van der Waals surface area contributed by atoms with Crippen LogP contribution in [0.1, 0.15) is 41.6 Å². The number of aryl methyl sites for hydroxylation is 2. The number of piperidine rings is 1. The molecule has 0 aliphatic carbocycles. The topological polar surface area (TPSA) is 75.0 Å². The molecule has 0 bridgehead atoms. The standard InChI is InChI=1S/C19H22N4O2/c1-12-5-3-7-16-18(12)15(10-20-16)9-17(24)23-8-4-6-14(11-23)19-21-13(2)25-22-19/h3,5,7,10,14,20H,4,6,8-9,11H2,1-2H3/t14-/m0/s1. The highest BCUT2D eigenvalue weighted by Gasteiger charge is 2.28. The van der Waals surface area contributed by atoms with Crippen molar-refractivity contribution in [1.82, 2.24) is 20.0 Å². The van der Waals surface area contributed by atoms with Crippen LogP contribution in [0.4, 0.5) is 0 Å². The van der Waals surface area contributed by atoms with Crippen molar-refractivity contribution in [3.8, 4) is 0 Å². The minimum atomic E-state index is 0.161. The lowest BCUT2D eigenvalue weighted by atomic mass is 9.96. The molecule has 0 saturated carbocycles. The molecule has 0 unspecified atom stereocenters. The first kappa shape index (κ1) is 15.9. The molecule has 6 heteroatoms. The van der Waals surface area contributed by atoms with E-state index in [0.29, 0.717) is 18.9 Å². The number of benzene rings is 1. The molecule has 6 nitrogen and oxygen atoms in total. The van der Waals surface area contributed by atoms with Gasteiger partial charge in [-0.25, -0.2) is 0 Å². The average Bonchev–Trinajstić information content (AvgIpc) is 3.22. The molecular formula is C19H22N4O2. The Kier molecular flexibility index (Phi) is 4.03. The second kappa shape index (κ2) is 6.35. The summed E-state index contributed by atoms with van der Waals surface area (Å²) in [7, 11) is 0. The highest BCUT2D eigenvalue weighted by atomic mass is 16.5. The Morgan fingerprint density at radius 2 is 2.28 bits per heavy atom. The largest absolute Gasteiger partial charge is 0.361 e. The summed E-state index contributed by atoms with van der Waals surface area (Å²) in [6, 6.07) is 6.16. The molecule has 3 aromatic rings. The lowest BCUT2D eigenvalue weighted by Crippen LogP contribution is -2.40. The molecule has 1 atom stereocenters. The van der Waals surface area contributed by atoms with Crippen LogP contribution in [0.3, 0.4) is 0 Å². The maximum absolute atomic E-state index is 12.9. The highest BCUT2D eigenvalue weighted by Crippen LogP contribution is 2.27. The van der Waals surface area contributed by atoms with E-state index < -0.39 is 0 Å². The van der Waals surface area contributed by atoms with Crippen LogP contribution in [-0.2, 0) is 11.2 Å². The molecule has 0 spiro atoms. The van der Waals surface area contributed by atoms with Crippen LogP contribution in [0.25, 0.3) is 10.9 Å². The van der Waals surface area contributed by atoms with Crippen LogP contribution in [0.15, 0.2) is 28.9 Å². The summed E-state index contributed by atoms with van der Waals surface area (Å²) in [5.41, 5.74) is 3.34. The van der Waals surface area contributed by atoms with Gasteiger partial charge >= 0.3 is 0 Å². The van der Waals surface area contributed by atoms with E-state index in [1.54, 1.807) is 6.92 Å². The number of carbonyl (C=O) groups excluding carboxylic acids is 1. The van der Waals surface area contributed by atoms with Gasteiger partial charge in [-0.3, -0.25) is 4.79 Å². The number of fused-ring (bicyclic) bond motifs is 1. The number of aromatic amines is 1. The third kappa shape index (κ3) is 3.04. The normalized spacial score (nSPS) is 18.0. The zero-order chi connectivity index (χ0) is 17.4. The van der Waals surface area contributed by atoms with Crippen LogP contribution in [0.2, 0.25) is 0 Å². The van der Waals surface area contributed by atoms with E-state index in [0.717, 1.165) is 36.3 Å². The Morgan fingerprint density at radius 1 is 1.40 bits per heavy atom. The Hall–Kier alpha value is -2.63. The van der Waals surface area contributed by atoms with E-state index in [4.69, 9.17) is 4.52 Å². The van der Waals surface area contributed by atoms with Crippen LogP contribution < -0.4 is 0 Å². The monoisotopic (exact) mass is 338 g/mol. The van der Waals surface area contributed by atoms with Gasteiger partial charge in [-0.1, -0.05) is 17.3 Å². The van der Waals surface area contributed by atoms with Crippen molar-refractivity contribution in [3.05, 3.63) is 47.2 Å². The zero-order valence-electron chi connectivity index (χ0n) is 14.6. The fraction of sp³-hybridized carbons (Fsp3) is 0.421. The minimum Gasteiger partial charge on any atom is -0.361 e. The van der Waals surface area contributed by atoms with Gasteiger partial charge in [-0.05, 0) is 37.0 Å². The summed E-state index contributed by atoms with van der Waals surface area (Å²) in [4.78, 5) is 22.4. The van der Waals surface area contributed by atoms with Crippen LogP contribution in [0.5, 0.6) is 0 Å². The molecule has 130 valence electrons. The van der Waals surface area contributed by atoms with Crippen molar-refractivity contribution in [2.75, 3.05) is 13.1 Å². The predicted molar refractivity (Wildman–Crippen MR) is 94.3 cm³/mol. The molecule has 1 aliphatic heterocycles. The Balaban J connectivity index is 1.50. The number of hydrogen-bond donors (Lipinski definition) is 1. The van der Waals surface area contributed by atoms with E-state index in [-0.39, 0.29) is 11.8 Å². The van der Waals surface area contributed by atoms with Gasteiger partial charge in [0.05, 0.1) is 6.42 Å². The van der Waals surface area contributed by atoms with E-state index in [1.807, 2.05) is 23.2 Å². The van der Waals surface area contributed by atoms with Crippen molar-refractivity contribution in [2.45, 2.75) is 39.0 Å². The summed E-state index contributed by atoms with van der Waals surface area (Å²) in [5.74, 6) is 1.62. The van der Waals surface area contributed by atoms with Crippen LogP contribution >= 0.6 is 0 Å². The number of H-pyrrole nitrogens is 1. The highest BCUT2D eigenvalue weighted by molar-refractivity contribution is 5.91. The molecule has 1 fully saturated rings. The lowest BCUT2D eigenvalue weighted by molar-refractivity contribution is -0.131. The second-order valence-electron chi connectivity index (χ2n) is 6.84. The number of amides is 1. The molecule has 1 aromatic carbocycles. The molecule has 4 rings (SSSR count). The van der Waals surface area contributed by atoms with E-state index in [2.05, 4.69) is 28.1 Å². The predicted octanol–water partition coefficient (Wildman–Crippen LogP) is 3.12. The smallest absolute Gasteiger partial charge is 0.227 e. The number of rotatable bonds is 3. The van der Waals surface area contributed by atoms with Gasteiger partial charge in [-0.2, -0.15) is 4.98 Å². The molecule has 0 radical (unpaired) electrons. The number of likely N-dealkylation sites (tertiary alicyclic amines) is 1. The summed E-state index contributed by atoms with van der Waals surface area (Å²) in [6.45, 7) is 5.34. The third-order valence-corrected chi connectivity index (χ3v) is 5.02. The van der Waals surface area contributed by atoms with Gasteiger partial charge in [0.15, 0.2) is 5.82 Å². The van der Waals surface area contributed by atoms with Gasteiger partial charge in [0.1, 0.15) is 0 Å². The van der Waals surface area contributed by atoms with Crippen molar-refractivity contribution < 1.29 is 9.32 Å². The summed E-state index contributed by atoms with van der Waals surface area (Å²) in [6.07, 6.45) is 4.34. The Morgan fingerprint density at radius 3 is 3.08 bits per heavy atom. The zero-order valence-corrected chi connectivity index (χ0v) is 14.6. The molecule has 25 heavy (non-hydrogen) atoms. The molecule has 1 saturated heterocycles. The number of nitrogens with one attached hydrogen (secondary N) is 1. The van der Waals surface area contributed by atoms with Crippen molar-refractivity contribution >= 4 is 16.8 Å². The molecule has 1 aliphatic rings. The minimum absolute atomic E-state index is 0.161. The summed E-state index contributed by atoms with van der Waals surface area (Å²) >= 11 is 0. The van der Waals surface area contributed by atoms with Gasteiger partial charge in [0.25, 0.3) is 0 Å². The van der Waals surface area contributed by atoms with E-state index in [9.17, 15) is 4.79 Å². The fourth-order valence-electron chi connectivity index (χ4n) is 3.76. The molecule has 1 N–H and O–H groups in total. The SMILES string of the molecule is Cc1nc([C@H]2CCCN(C(=O)Cc3c[nH]c4cccc(C)c34)C2)no1. The molecular weight excluding hydrogens is 316 g/mol. The Bertz CT molecular complexity index is 911. The maximum Gasteiger partial charge on any atom is 0.227 e. The number of carbonyl (C=O) groups is 1. The van der Waals surface area contributed by atoms with E-state index >= 15 is 0 Å². The number of aromatic nitrogens is 3. The van der Waals surface area contributed by atoms with Gasteiger partial charge in [0.2, 0.25) is 11.8 Å². The third-order valence-electron chi connectivity index (χ3n) is 5.02. The average molecular weight is 338 g/mol. The van der Waals surface area contributed by atoms with Crippen molar-refractivity contribution in [2.24, 2.45) is 0 Å². The van der Waals surface area contributed by atoms with Crippen molar-refractivity contribution in [3.63, 3.8) is 0 Å². The van der Waals surface area contributed by atoms with Gasteiger partial charge < -0.3 is 14.4 Å². The summed E-state index contributed by atoms with van der Waals surface area (Å²) < 4.78 is 5.09. The quantitative estimate of drug-likeness (QED) is 0.796.